The molecule has 1 aromatic rings. The Morgan fingerprint density at radius 2 is 2.18 bits per heavy atom. The number of halogens is 3. The van der Waals surface area contributed by atoms with Crippen molar-refractivity contribution in [2.24, 2.45) is 5.73 Å². The first-order valence-corrected chi connectivity index (χ1v) is 5.11. The van der Waals surface area contributed by atoms with Gasteiger partial charge in [0.15, 0.2) is 0 Å². The fourth-order valence-corrected chi connectivity index (χ4v) is 1.83. The first kappa shape index (κ1) is 11.8. The molecular formula is C11H12F3N3. The minimum absolute atomic E-state index is 0.111. The number of aromatic nitrogens is 2. The molecule has 1 atom stereocenters. The van der Waals surface area contributed by atoms with Crippen molar-refractivity contribution in [2.75, 3.05) is 0 Å². The van der Waals surface area contributed by atoms with Gasteiger partial charge in [-0.1, -0.05) is 0 Å². The summed E-state index contributed by atoms with van der Waals surface area (Å²) in [6, 6.07) is -0.419. The molecule has 0 spiro atoms. The molecule has 17 heavy (non-hydrogen) atoms. The van der Waals surface area contributed by atoms with Gasteiger partial charge in [0.25, 0.3) is 0 Å². The molecule has 0 saturated carbocycles. The summed E-state index contributed by atoms with van der Waals surface area (Å²) in [6.45, 7) is 1.78. The third kappa shape index (κ3) is 2.51. The minimum Gasteiger partial charge on any atom is -0.399 e. The zero-order valence-electron chi connectivity index (χ0n) is 9.20. The number of nitrogens with zero attached hydrogens (tertiary/aromatic N) is 2. The summed E-state index contributed by atoms with van der Waals surface area (Å²) in [6.07, 6.45) is 1.38. The molecule has 6 heteroatoms. The van der Waals surface area contributed by atoms with Crippen molar-refractivity contribution >= 4 is 0 Å². The van der Waals surface area contributed by atoms with Crippen LogP contribution in [0, 0.1) is 6.92 Å². The van der Waals surface area contributed by atoms with Gasteiger partial charge in [0.2, 0.25) is 0 Å². The van der Waals surface area contributed by atoms with E-state index in [1.54, 1.807) is 23.8 Å². The van der Waals surface area contributed by atoms with E-state index in [0.29, 0.717) is 0 Å². The topological polar surface area (TPSA) is 43.8 Å². The van der Waals surface area contributed by atoms with E-state index in [9.17, 15) is 13.2 Å². The van der Waals surface area contributed by atoms with E-state index in [2.05, 4.69) is 4.98 Å². The summed E-state index contributed by atoms with van der Waals surface area (Å²) in [5.41, 5.74) is 5.81. The molecule has 0 radical (unpaired) electrons. The smallest absolute Gasteiger partial charge is 0.399 e. The maximum absolute atomic E-state index is 12.6. The van der Waals surface area contributed by atoms with Gasteiger partial charge in [-0.3, -0.25) is 0 Å². The van der Waals surface area contributed by atoms with Gasteiger partial charge < -0.3 is 10.3 Å². The SMILES string of the molecule is Cc1cn(C2C=C(N)C=C(C(F)(F)F)C2)cn1. The van der Waals surface area contributed by atoms with Gasteiger partial charge in [0.1, 0.15) is 0 Å². The lowest BCUT2D eigenvalue weighted by Gasteiger charge is -2.23. The molecule has 92 valence electrons. The second kappa shape index (κ2) is 3.94. The highest BCUT2D eigenvalue weighted by molar-refractivity contribution is 5.30. The highest BCUT2D eigenvalue weighted by Crippen LogP contribution is 2.36. The Kier molecular flexibility index (Phi) is 2.73. The molecule has 2 N–H and O–H groups in total. The van der Waals surface area contributed by atoms with Crippen molar-refractivity contribution in [3.8, 4) is 0 Å². The third-order valence-corrected chi connectivity index (χ3v) is 2.63. The number of allylic oxidation sites excluding steroid dienone is 3. The van der Waals surface area contributed by atoms with Gasteiger partial charge in [-0.05, 0) is 19.1 Å². The van der Waals surface area contributed by atoms with Crippen molar-refractivity contribution in [3.63, 3.8) is 0 Å². The Morgan fingerprint density at radius 3 is 2.71 bits per heavy atom. The number of aryl methyl sites for hydroxylation is 1. The molecular weight excluding hydrogens is 231 g/mol. The van der Waals surface area contributed by atoms with Crippen molar-refractivity contribution < 1.29 is 13.2 Å². The summed E-state index contributed by atoms with van der Waals surface area (Å²) in [5.74, 6) is 0. The number of hydrogen-bond acceptors (Lipinski definition) is 2. The van der Waals surface area contributed by atoms with Crippen LogP contribution in [0.3, 0.4) is 0 Å². The van der Waals surface area contributed by atoms with Crippen LogP contribution in [-0.4, -0.2) is 15.7 Å². The van der Waals surface area contributed by atoms with Crippen LogP contribution >= 0.6 is 0 Å². The molecule has 2 rings (SSSR count). The monoisotopic (exact) mass is 243 g/mol. The van der Waals surface area contributed by atoms with E-state index in [-0.39, 0.29) is 12.1 Å². The lowest BCUT2D eigenvalue weighted by molar-refractivity contribution is -0.0950. The number of nitrogens with two attached hydrogens (primary N) is 1. The fourth-order valence-electron chi connectivity index (χ4n) is 1.83. The molecule has 1 aliphatic carbocycles. The highest BCUT2D eigenvalue weighted by Gasteiger charge is 2.36. The first-order valence-electron chi connectivity index (χ1n) is 5.11. The van der Waals surface area contributed by atoms with E-state index < -0.39 is 17.8 Å². The largest absolute Gasteiger partial charge is 0.412 e. The molecule has 1 aliphatic rings. The molecule has 0 aromatic carbocycles. The molecule has 1 heterocycles. The summed E-state index contributed by atoms with van der Waals surface area (Å²) in [7, 11) is 0. The van der Waals surface area contributed by atoms with Crippen LogP contribution < -0.4 is 5.73 Å². The van der Waals surface area contributed by atoms with Crippen molar-refractivity contribution in [3.05, 3.63) is 41.6 Å². The van der Waals surface area contributed by atoms with E-state index in [4.69, 9.17) is 5.73 Å². The molecule has 0 amide bonds. The Balaban J connectivity index is 2.28. The molecule has 0 saturated heterocycles. The minimum atomic E-state index is -4.33. The summed E-state index contributed by atoms with van der Waals surface area (Å²) in [5, 5.41) is 0. The van der Waals surface area contributed by atoms with Crippen molar-refractivity contribution in [1.82, 2.24) is 9.55 Å². The van der Waals surface area contributed by atoms with Gasteiger partial charge in [-0.25, -0.2) is 4.98 Å². The standard InChI is InChI=1S/C11H12F3N3/c1-7-5-17(6-16-7)10-3-8(11(12,13)14)2-9(15)4-10/h2,4-6,10H,3,15H2,1H3. The Labute approximate surface area is 96.4 Å². The van der Waals surface area contributed by atoms with Gasteiger partial charge in [0, 0.05) is 23.9 Å². The number of rotatable bonds is 1. The molecule has 0 fully saturated rings. The zero-order chi connectivity index (χ0) is 12.6. The van der Waals surface area contributed by atoms with E-state index in [1.807, 2.05) is 0 Å². The third-order valence-electron chi connectivity index (χ3n) is 2.63. The van der Waals surface area contributed by atoms with Crippen molar-refractivity contribution in [1.29, 1.82) is 0 Å². The number of alkyl halides is 3. The molecule has 0 aliphatic heterocycles. The van der Waals surface area contributed by atoms with Crippen LogP contribution in [0.2, 0.25) is 0 Å². The van der Waals surface area contributed by atoms with Crippen LogP contribution in [0.1, 0.15) is 18.2 Å². The van der Waals surface area contributed by atoms with Gasteiger partial charge in [-0.2, -0.15) is 13.2 Å². The van der Waals surface area contributed by atoms with Crippen LogP contribution in [0.15, 0.2) is 35.9 Å². The van der Waals surface area contributed by atoms with Crippen LogP contribution in [0.5, 0.6) is 0 Å². The summed E-state index contributed by atoms with van der Waals surface area (Å²) >= 11 is 0. The summed E-state index contributed by atoms with van der Waals surface area (Å²) < 4.78 is 39.5. The normalized spacial score (nSPS) is 21.1. The number of imidazole rings is 1. The van der Waals surface area contributed by atoms with Gasteiger partial charge in [0.05, 0.1) is 18.1 Å². The molecule has 3 nitrogen and oxygen atoms in total. The van der Waals surface area contributed by atoms with E-state index >= 15 is 0 Å². The Morgan fingerprint density at radius 1 is 1.47 bits per heavy atom. The predicted octanol–water partition coefficient (Wildman–Crippen LogP) is 2.47. The van der Waals surface area contributed by atoms with E-state index in [0.717, 1.165) is 11.8 Å². The average molecular weight is 243 g/mol. The van der Waals surface area contributed by atoms with Crippen molar-refractivity contribution in [2.45, 2.75) is 25.6 Å². The van der Waals surface area contributed by atoms with Crippen LogP contribution in [0.25, 0.3) is 0 Å². The lowest BCUT2D eigenvalue weighted by atomic mass is 9.98. The van der Waals surface area contributed by atoms with Crippen LogP contribution in [-0.2, 0) is 0 Å². The second-order valence-electron chi connectivity index (χ2n) is 4.07. The predicted molar refractivity (Wildman–Crippen MR) is 57.0 cm³/mol. The maximum Gasteiger partial charge on any atom is 0.412 e. The average Bonchev–Trinajstić information content (AvgIpc) is 2.62. The molecule has 0 bridgehead atoms. The molecule has 1 aromatic heterocycles. The van der Waals surface area contributed by atoms with Gasteiger partial charge in [-0.15, -0.1) is 0 Å². The Hall–Kier alpha value is -1.72. The van der Waals surface area contributed by atoms with Crippen LogP contribution in [0.4, 0.5) is 13.2 Å². The fraction of sp³-hybridized carbons (Fsp3) is 0.364. The number of hydrogen-bond donors (Lipinski definition) is 1. The maximum atomic E-state index is 12.6. The van der Waals surface area contributed by atoms with E-state index in [1.165, 1.54) is 6.33 Å². The Bertz CT molecular complexity index is 482. The second-order valence-corrected chi connectivity index (χ2v) is 4.07. The zero-order valence-corrected chi connectivity index (χ0v) is 9.20. The quantitative estimate of drug-likeness (QED) is 0.823. The molecule has 1 unspecified atom stereocenters. The lowest BCUT2D eigenvalue weighted by Crippen LogP contribution is -2.21. The van der Waals surface area contributed by atoms with Gasteiger partial charge >= 0.3 is 6.18 Å². The first-order chi connectivity index (χ1) is 7.86. The summed E-state index contributed by atoms with van der Waals surface area (Å²) in [4.78, 5) is 4.00. The highest BCUT2D eigenvalue weighted by atomic mass is 19.4.